The number of carboxylic acids is 1. The van der Waals surface area contributed by atoms with Crippen molar-refractivity contribution in [1.82, 2.24) is 15.1 Å². The average molecular weight is 576 g/mol. The van der Waals surface area contributed by atoms with Crippen LogP contribution in [0.2, 0.25) is 0 Å². The second-order valence-corrected chi connectivity index (χ2v) is 10.5. The monoisotopic (exact) mass is 575 g/mol. The molecule has 13 heteroatoms. The minimum Gasteiger partial charge on any atom is -0.479 e. The van der Waals surface area contributed by atoms with Crippen LogP contribution in [0.5, 0.6) is 0 Å². The average Bonchev–Trinajstić information content (AvgIpc) is 2.93. The zero-order chi connectivity index (χ0) is 33.5. The van der Waals surface area contributed by atoms with Gasteiger partial charge in [-0.1, -0.05) is 40.5 Å². The Balaban J connectivity index is 8.72. The molecule has 8 atom stereocenters. The van der Waals surface area contributed by atoms with Crippen LogP contribution >= 0.6 is 0 Å². The Kier molecular flexibility index (Phi) is 11.5. The minimum absolute atomic E-state index is 0.00612. The minimum atomic E-state index is -3.35. The highest BCUT2D eigenvalue weighted by Gasteiger charge is 2.69. The maximum absolute atomic E-state index is 15.4. The van der Waals surface area contributed by atoms with Crippen molar-refractivity contribution >= 4 is 35.1 Å². The van der Waals surface area contributed by atoms with Crippen LogP contribution in [0.3, 0.4) is 0 Å². The number of carbonyl (C=O) groups excluding carboxylic acids is 5. The van der Waals surface area contributed by atoms with Gasteiger partial charge in [0.15, 0.2) is 22.6 Å². The fourth-order valence-corrected chi connectivity index (χ4v) is 4.91. The third-order valence-corrected chi connectivity index (χ3v) is 7.89. The normalized spacial score (nSPS) is 20.5. The van der Waals surface area contributed by atoms with Gasteiger partial charge in [-0.15, -0.1) is 0 Å². The van der Waals surface area contributed by atoms with Crippen molar-refractivity contribution in [2.24, 2.45) is 11.8 Å². The van der Waals surface area contributed by atoms with Crippen molar-refractivity contribution < 1.29 is 51.9 Å². The number of rotatable bonds is 16. The molecule has 2 amide bonds. The number of Topliss-reactive ketones (excluding diaryl/α,β-unsaturated/α-hetero) is 3. The molecule has 5 N–H and O–H groups in total. The summed E-state index contributed by atoms with van der Waals surface area (Å²) in [6, 6.07) is -1.33. The number of carboxylic acid groups (broad SMARTS) is 1. The number of nitrogens with one attached hydrogen (secondary N) is 1. The van der Waals surface area contributed by atoms with E-state index in [4.69, 9.17) is 2.74 Å². The van der Waals surface area contributed by atoms with Crippen molar-refractivity contribution in [3.63, 3.8) is 0 Å². The van der Waals surface area contributed by atoms with Gasteiger partial charge in [0.1, 0.15) is 12.2 Å². The SMILES string of the molecule is [2H]CN[C@@H](C)C(=O)[C@@](C(=O)[C@@](C(=O)[C@@](C)(O)C(=O)O)([C@@H](C)CC)N(C[2H])C(=O)[C@@H](C)O)([C@@H](C)CC)N(C)C(=O)[C@H](C)O. The first-order valence-electron chi connectivity index (χ1n) is 14.5. The third-order valence-electron chi connectivity index (χ3n) is 7.89. The number of hydrogen-bond acceptors (Lipinski definition) is 10. The van der Waals surface area contributed by atoms with Gasteiger partial charge in [0.05, 0.1) is 6.04 Å². The topological polar surface area (TPSA) is 202 Å². The van der Waals surface area contributed by atoms with Crippen LogP contribution in [0.15, 0.2) is 0 Å². The van der Waals surface area contributed by atoms with Crippen LogP contribution in [0.1, 0.15) is 71.0 Å². The molecule has 0 aromatic rings. The molecular formula is C27H47N3O10. The lowest BCUT2D eigenvalue weighted by Crippen LogP contribution is -2.80. The fourth-order valence-electron chi connectivity index (χ4n) is 4.91. The van der Waals surface area contributed by atoms with Gasteiger partial charge >= 0.3 is 5.97 Å². The smallest absolute Gasteiger partial charge is 0.343 e. The number of likely N-dealkylation sites (N-methyl/N-ethyl adjacent to an activating group) is 3. The molecule has 0 rings (SSSR count). The molecule has 0 aliphatic rings. The number of carbonyl (C=O) groups is 6. The Morgan fingerprint density at radius 2 is 1.25 bits per heavy atom. The van der Waals surface area contributed by atoms with Crippen LogP contribution in [-0.2, 0) is 28.8 Å². The summed E-state index contributed by atoms with van der Waals surface area (Å²) < 4.78 is 15.7. The molecule has 0 unspecified atom stereocenters. The number of ketones is 3. The highest BCUT2D eigenvalue weighted by molar-refractivity contribution is 6.30. The summed E-state index contributed by atoms with van der Waals surface area (Å²) in [6.07, 6.45) is -3.83. The first kappa shape index (κ1) is 33.5. The molecule has 40 heavy (non-hydrogen) atoms. The standard InChI is InChI=1S/C27H47N3O10/c1-12-14(3)26(19(33)16(5)28-9,29(10)20(34)17(6)31)23(37)27(15(4)13-2,30(11)21(35)18(7)32)22(36)25(8,40)24(38)39/h14-18,28,31-32,40H,12-13H2,1-11H3,(H,38,39)/t14-,15-,16-,17-,18+,25+,26+,27-/m0/s1/i9D,11D. The van der Waals surface area contributed by atoms with Crippen LogP contribution < -0.4 is 5.32 Å². The van der Waals surface area contributed by atoms with Gasteiger partial charge in [-0.2, -0.15) is 0 Å². The summed E-state index contributed by atoms with van der Waals surface area (Å²) in [6.45, 7) is 9.67. The molecule has 0 aromatic heterocycles. The summed E-state index contributed by atoms with van der Waals surface area (Å²) in [5.74, 6) is -11.4. The highest BCUT2D eigenvalue weighted by Crippen LogP contribution is 2.42. The maximum atomic E-state index is 15.4. The van der Waals surface area contributed by atoms with Gasteiger partial charge in [-0.05, 0) is 46.6 Å². The summed E-state index contributed by atoms with van der Waals surface area (Å²) in [7, 11) is -0.665. The molecule has 0 aromatic carbocycles. The van der Waals surface area contributed by atoms with Gasteiger partial charge in [-0.25, -0.2) is 4.79 Å². The van der Waals surface area contributed by atoms with E-state index in [-0.39, 0.29) is 12.8 Å². The quantitative estimate of drug-likeness (QED) is 0.147. The number of hydrogen-bond donors (Lipinski definition) is 5. The van der Waals surface area contributed by atoms with Gasteiger partial charge in [0.2, 0.25) is 11.4 Å². The Labute approximate surface area is 238 Å². The number of aliphatic hydroxyl groups excluding tert-OH is 2. The lowest BCUT2D eigenvalue weighted by molar-refractivity contribution is -0.182. The van der Waals surface area contributed by atoms with Crippen molar-refractivity contribution in [3.8, 4) is 0 Å². The van der Waals surface area contributed by atoms with Gasteiger partial charge < -0.3 is 35.5 Å². The lowest BCUT2D eigenvalue weighted by atomic mass is 9.60. The number of amides is 2. The van der Waals surface area contributed by atoms with Crippen LogP contribution in [0.4, 0.5) is 0 Å². The first-order valence-corrected chi connectivity index (χ1v) is 13.0. The predicted molar refractivity (Wildman–Crippen MR) is 145 cm³/mol. The molecule has 0 aliphatic carbocycles. The van der Waals surface area contributed by atoms with E-state index in [0.717, 1.165) is 20.9 Å². The van der Waals surface area contributed by atoms with Crippen LogP contribution in [0, 0.1) is 11.8 Å². The summed E-state index contributed by atoms with van der Waals surface area (Å²) >= 11 is 0. The second kappa shape index (κ2) is 13.7. The maximum Gasteiger partial charge on any atom is 0.343 e. The zero-order valence-electron chi connectivity index (χ0n) is 26.8. The van der Waals surface area contributed by atoms with E-state index in [1.165, 1.54) is 27.7 Å². The molecule has 230 valence electrons. The Bertz CT molecular complexity index is 1040. The van der Waals surface area contributed by atoms with Crippen molar-refractivity contribution in [3.05, 3.63) is 0 Å². The number of aliphatic carboxylic acids is 1. The Hall–Kier alpha value is -2.74. The largest absolute Gasteiger partial charge is 0.479 e. The third kappa shape index (κ3) is 5.97. The summed E-state index contributed by atoms with van der Waals surface area (Å²) in [5, 5.41) is 43.8. The fraction of sp³-hybridized carbons (Fsp3) is 0.778. The van der Waals surface area contributed by atoms with Crippen LogP contribution in [-0.4, -0.2) is 121 Å². The molecule has 0 bridgehead atoms. The van der Waals surface area contributed by atoms with Crippen LogP contribution in [0.25, 0.3) is 0 Å². The zero-order valence-corrected chi connectivity index (χ0v) is 24.8. The van der Waals surface area contributed by atoms with E-state index < -0.39 is 95.9 Å². The highest BCUT2D eigenvalue weighted by atomic mass is 16.4. The molecule has 0 spiro atoms. The second-order valence-electron chi connectivity index (χ2n) is 10.5. The van der Waals surface area contributed by atoms with E-state index in [1.54, 1.807) is 6.92 Å². The van der Waals surface area contributed by atoms with E-state index in [0.29, 0.717) is 16.7 Å². The number of nitrogens with zero attached hydrogens (tertiary/aromatic N) is 2. The molecule has 0 saturated carbocycles. The summed E-state index contributed by atoms with van der Waals surface area (Å²) in [4.78, 5) is 84.1. The first-order chi connectivity index (χ1) is 19.2. The van der Waals surface area contributed by atoms with Gasteiger partial charge in [0.25, 0.3) is 11.8 Å². The lowest BCUT2D eigenvalue weighted by Gasteiger charge is -2.53. The molecule has 0 saturated heterocycles. The predicted octanol–water partition coefficient (Wildman–Crippen LogP) is -0.615. The van der Waals surface area contributed by atoms with Crippen molar-refractivity contribution in [2.75, 3.05) is 21.1 Å². The van der Waals surface area contributed by atoms with E-state index in [2.05, 4.69) is 5.32 Å². The molecule has 0 radical (unpaired) electrons. The van der Waals surface area contributed by atoms with Gasteiger partial charge in [0, 0.05) is 16.8 Å². The molecule has 0 fully saturated rings. The molecular weight excluding hydrogens is 526 g/mol. The Morgan fingerprint density at radius 3 is 1.60 bits per heavy atom. The van der Waals surface area contributed by atoms with Crippen molar-refractivity contribution in [2.45, 2.75) is 103 Å². The summed E-state index contributed by atoms with van der Waals surface area (Å²) in [5.41, 5.74) is -9.17. The van der Waals surface area contributed by atoms with E-state index in [9.17, 15) is 44.4 Å². The Morgan fingerprint density at radius 1 is 0.825 bits per heavy atom. The number of aliphatic hydroxyl groups is 3. The van der Waals surface area contributed by atoms with Gasteiger partial charge in [-0.3, -0.25) is 24.0 Å². The molecule has 0 heterocycles. The van der Waals surface area contributed by atoms with E-state index >= 15 is 4.79 Å². The van der Waals surface area contributed by atoms with E-state index in [1.807, 2.05) is 0 Å². The molecule has 13 nitrogen and oxygen atoms in total. The molecule has 0 aliphatic heterocycles. The van der Waals surface area contributed by atoms with Crippen molar-refractivity contribution in [1.29, 1.82) is 0 Å².